The first-order valence-electron chi connectivity index (χ1n) is 7.02. The van der Waals surface area contributed by atoms with Gasteiger partial charge in [0.1, 0.15) is 12.4 Å². The number of carbonyl (C=O) groups is 1. The van der Waals surface area contributed by atoms with Crippen molar-refractivity contribution in [1.82, 2.24) is 5.32 Å². The maximum atomic E-state index is 12.5. The van der Waals surface area contributed by atoms with E-state index in [9.17, 15) is 9.18 Å². The molecule has 1 heterocycles. The number of carbonyl (C=O) groups excluding carboxylic acids is 1. The third-order valence-electron chi connectivity index (χ3n) is 4.12. The molecule has 1 amide bonds. The van der Waals surface area contributed by atoms with Gasteiger partial charge >= 0.3 is 0 Å². The molecule has 1 aliphatic carbocycles. The second kappa shape index (κ2) is 4.93. The van der Waals surface area contributed by atoms with Crippen LogP contribution < -0.4 is 10.1 Å². The fraction of sp³-hybridized carbons (Fsp3) is 0.438. The Labute approximate surface area is 117 Å². The second-order valence-electron chi connectivity index (χ2n) is 5.64. The summed E-state index contributed by atoms with van der Waals surface area (Å²) < 4.78 is 18.1. The fourth-order valence-electron chi connectivity index (χ4n) is 2.58. The van der Waals surface area contributed by atoms with E-state index in [0.717, 1.165) is 30.4 Å². The SMILES string of the molecule is CCC(=CF)COc1ccc2c(c1)CC1(CC1)NC2=O. The maximum absolute atomic E-state index is 12.5. The van der Waals surface area contributed by atoms with Crippen molar-refractivity contribution in [2.75, 3.05) is 6.61 Å². The summed E-state index contributed by atoms with van der Waals surface area (Å²) in [5.41, 5.74) is 2.38. The number of fused-ring (bicyclic) bond motifs is 1. The van der Waals surface area contributed by atoms with E-state index in [1.165, 1.54) is 0 Å². The molecule has 0 saturated heterocycles. The van der Waals surface area contributed by atoms with Crippen molar-refractivity contribution in [3.05, 3.63) is 41.2 Å². The number of benzene rings is 1. The van der Waals surface area contributed by atoms with Gasteiger partial charge in [0, 0.05) is 11.1 Å². The Bertz CT molecular complexity index is 576. The smallest absolute Gasteiger partial charge is 0.252 e. The average Bonchev–Trinajstić information content (AvgIpc) is 3.18. The molecule has 0 aromatic heterocycles. The predicted molar refractivity (Wildman–Crippen MR) is 74.6 cm³/mol. The molecular formula is C16H18FNO2. The molecule has 2 aliphatic rings. The van der Waals surface area contributed by atoms with Crippen LogP contribution in [0, 0.1) is 0 Å². The molecule has 0 unspecified atom stereocenters. The summed E-state index contributed by atoms with van der Waals surface area (Å²) in [6.07, 6.45) is 4.20. The lowest BCUT2D eigenvalue weighted by Crippen LogP contribution is -2.43. The van der Waals surface area contributed by atoms with E-state index >= 15 is 0 Å². The lowest BCUT2D eigenvalue weighted by Gasteiger charge is -2.25. The quantitative estimate of drug-likeness (QED) is 0.916. The van der Waals surface area contributed by atoms with Gasteiger partial charge in [-0.25, -0.2) is 4.39 Å². The van der Waals surface area contributed by atoms with Crippen LogP contribution >= 0.6 is 0 Å². The van der Waals surface area contributed by atoms with E-state index in [1.807, 2.05) is 13.0 Å². The third kappa shape index (κ3) is 2.42. The molecule has 1 N–H and O–H groups in total. The molecule has 106 valence electrons. The van der Waals surface area contributed by atoms with Crippen molar-refractivity contribution in [2.24, 2.45) is 0 Å². The molecule has 1 aliphatic heterocycles. The fourth-order valence-corrected chi connectivity index (χ4v) is 2.58. The molecular weight excluding hydrogens is 257 g/mol. The van der Waals surface area contributed by atoms with E-state index in [1.54, 1.807) is 12.1 Å². The number of amides is 1. The Hall–Kier alpha value is -1.84. The minimum absolute atomic E-state index is 0.00384. The molecule has 1 aromatic carbocycles. The van der Waals surface area contributed by atoms with Crippen LogP contribution in [-0.4, -0.2) is 18.1 Å². The van der Waals surface area contributed by atoms with Gasteiger partial charge in [-0.2, -0.15) is 0 Å². The number of ether oxygens (including phenoxy) is 1. The number of halogens is 1. The normalized spacial score (nSPS) is 19.5. The van der Waals surface area contributed by atoms with Gasteiger partial charge in [0.15, 0.2) is 0 Å². The number of hydrogen-bond donors (Lipinski definition) is 1. The van der Waals surface area contributed by atoms with Crippen LogP contribution in [0.3, 0.4) is 0 Å². The van der Waals surface area contributed by atoms with Crippen molar-refractivity contribution in [3.63, 3.8) is 0 Å². The van der Waals surface area contributed by atoms with Crippen LogP contribution in [0.4, 0.5) is 4.39 Å². The highest BCUT2D eigenvalue weighted by Crippen LogP contribution is 2.42. The van der Waals surface area contributed by atoms with Gasteiger partial charge in [0.2, 0.25) is 0 Å². The lowest BCUT2D eigenvalue weighted by molar-refractivity contribution is 0.0919. The van der Waals surface area contributed by atoms with Gasteiger partial charge in [0.05, 0.1) is 6.33 Å². The number of hydrogen-bond acceptors (Lipinski definition) is 2. The molecule has 1 aromatic rings. The van der Waals surface area contributed by atoms with Crippen molar-refractivity contribution >= 4 is 5.91 Å². The Morgan fingerprint density at radius 3 is 2.95 bits per heavy atom. The summed E-state index contributed by atoms with van der Waals surface area (Å²) in [4.78, 5) is 12.0. The van der Waals surface area contributed by atoms with Crippen molar-refractivity contribution in [3.8, 4) is 5.75 Å². The summed E-state index contributed by atoms with van der Waals surface area (Å²) in [6, 6.07) is 5.48. The maximum Gasteiger partial charge on any atom is 0.252 e. The molecule has 1 saturated carbocycles. The van der Waals surface area contributed by atoms with Gasteiger partial charge in [-0.15, -0.1) is 0 Å². The van der Waals surface area contributed by atoms with Gasteiger partial charge in [-0.3, -0.25) is 4.79 Å². The van der Waals surface area contributed by atoms with Gasteiger partial charge < -0.3 is 10.1 Å². The van der Waals surface area contributed by atoms with Gasteiger partial charge in [0.25, 0.3) is 5.91 Å². The molecule has 3 nitrogen and oxygen atoms in total. The summed E-state index contributed by atoms with van der Waals surface area (Å²) >= 11 is 0. The summed E-state index contributed by atoms with van der Waals surface area (Å²) in [7, 11) is 0. The molecule has 4 heteroatoms. The first-order chi connectivity index (χ1) is 9.65. The van der Waals surface area contributed by atoms with Crippen molar-refractivity contribution < 1.29 is 13.9 Å². The van der Waals surface area contributed by atoms with Crippen LogP contribution in [0.1, 0.15) is 42.1 Å². The topological polar surface area (TPSA) is 38.3 Å². The van der Waals surface area contributed by atoms with E-state index < -0.39 is 0 Å². The minimum atomic E-state index is -0.00384. The molecule has 0 bridgehead atoms. The lowest BCUT2D eigenvalue weighted by atomic mass is 9.93. The summed E-state index contributed by atoms with van der Waals surface area (Å²) in [6.45, 7) is 2.14. The first-order valence-corrected chi connectivity index (χ1v) is 7.02. The van der Waals surface area contributed by atoms with Crippen molar-refractivity contribution in [1.29, 1.82) is 0 Å². The first kappa shape index (κ1) is 13.2. The Kier molecular flexibility index (Phi) is 3.24. The van der Waals surface area contributed by atoms with E-state index in [0.29, 0.717) is 24.1 Å². The highest BCUT2D eigenvalue weighted by molar-refractivity contribution is 5.98. The van der Waals surface area contributed by atoms with Crippen LogP contribution in [0.5, 0.6) is 5.75 Å². The number of rotatable bonds is 4. The molecule has 0 radical (unpaired) electrons. The summed E-state index contributed by atoms with van der Waals surface area (Å²) in [5, 5.41) is 3.07. The van der Waals surface area contributed by atoms with Crippen molar-refractivity contribution in [2.45, 2.75) is 38.1 Å². The standard InChI is InChI=1S/C16H18FNO2/c1-2-11(9-17)10-20-13-3-4-14-12(7-13)8-16(5-6-16)18-15(14)19/h3-4,7,9H,2,5-6,8,10H2,1H3,(H,18,19). The largest absolute Gasteiger partial charge is 0.489 e. The summed E-state index contributed by atoms with van der Waals surface area (Å²) in [5.74, 6) is 0.704. The Morgan fingerprint density at radius 1 is 1.50 bits per heavy atom. The number of nitrogens with one attached hydrogen (secondary N) is 1. The molecule has 1 spiro atoms. The third-order valence-corrected chi connectivity index (χ3v) is 4.12. The zero-order chi connectivity index (χ0) is 14.2. The van der Waals surface area contributed by atoms with Crippen LogP contribution in [0.25, 0.3) is 0 Å². The van der Waals surface area contributed by atoms with E-state index in [-0.39, 0.29) is 18.1 Å². The molecule has 3 rings (SSSR count). The average molecular weight is 275 g/mol. The Morgan fingerprint density at radius 2 is 2.30 bits per heavy atom. The van der Waals surface area contributed by atoms with Gasteiger partial charge in [-0.05, 0) is 55.0 Å². The van der Waals surface area contributed by atoms with Crippen LogP contribution in [0.15, 0.2) is 30.1 Å². The zero-order valence-corrected chi connectivity index (χ0v) is 11.5. The molecule has 20 heavy (non-hydrogen) atoms. The van der Waals surface area contributed by atoms with Crippen LogP contribution in [0.2, 0.25) is 0 Å². The van der Waals surface area contributed by atoms with Gasteiger partial charge in [-0.1, -0.05) is 6.92 Å². The van der Waals surface area contributed by atoms with E-state index in [2.05, 4.69) is 5.32 Å². The van der Waals surface area contributed by atoms with E-state index in [4.69, 9.17) is 4.74 Å². The molecule has 1 fully saturated rings. The molecule has 0 atom stereocenters. The zero-order valence-electron chi connectivity index (χ0n) is 11.5. The highest BCUT2D eigenvalue weighted by Gasteiger charge is 2.47. The predicted octanol–water partition coefficient (Wildman–Crippen LogP) is 3.15. The van der Waals surface area contributed by atoms with Crippen LogP contribution in [-0.2, 0) is 6.42 Å². The monoisotopic (exact) mass is 275 g/mol. The Balaban J connectivity index is 1.77. The minimum Gasteiger partial charge on any atom is -0.489 e. The highest BCUT2D eigenvalue weighted by atomic mass is 19.1. The second-order valence-corrected chi connectivity index (χ2v) is 5.64.